The highest BCUT2D eigenvalue weighted by molar-refractivity contribution is 7.89. The molecule has 6 heteroatoms. The van der Waals surface area contributed by atoms with Crippen LogP contribution in [0.15, 0.2) is 29.4 Å². The Bertz CT molecular complexity index is 630. The molecular weight excluding hydrogens is 214 g/mol. The average Bonchev–Trinajstić information content (AvgIpc) is 2.58. The summed E-state index contributed by atoms with van der Waals surface area (Å²) in [7, 11) is -3.40. The molecule has 0 aliphatic carbocycles. The number of fused-ring (bicyclic) bond motifs is 3. The summed E-state index contributed by atoms with van der Waals surface area (Å²) in [6.45, 7) is 1.06. The highest BCUT2D eigenvalue weighted by Crippen LogP contribution is 2.20. The molecule has 1 aliphatic heterocycles. The summed E-state index contributed by atoms with van der Waals surface area (Å²) in [4.78, 5) is 4.12. The number of rotatable bonds is 0. The van der Waals surface area contributed by atoms with E-state index in [2.05, 4.69) is 9.71 Å². The van der Waals surface area contributed by atoms with E-state index in [-0.39, 0.29) is 5.16 Å². The van der Waals surface area contributed by atoms with Gasteiger partial charge in [-0.05, 0) is 12.1 Å². The van der Waals surface area contributed by atoms with E-state index in [0.717, 1.165) is 11.0 Å². The van der Waals surface area contributed by atoms with Gasteiger partial charge in [-0.2, -0.15) is 0 Å². The third-order valence-electron chi connectivity index (χ3n) is 2.49. The molecule has 2 aromatic rings. The van der Waals surface area contributed by atoms with Crippen molar-refractivity contribution >= 4 is 21.1 Å². The van der Waals surface area contributed by atoms with Gasteiger partial charge in [-0.15, -0.1) is 0 Å². The highest BCUT2D eigenvalue weighted by atomic mass is 32.2. The zero-order valence-corrected chi connectivity index (χ0v) is 8.66. The molecule has 0 spiro atoms. The van der Waals surface area contributed by atoms with E-state index in [1.807, 2.05) is 24.3 Å². The normalized spacial score (nSPS) is 18.9. The number of benzene rings is 1. The Hall–Kier alpha value is -1.40. The van der Waals surface area contributed by atoms with Crippen molar-refractivity contribution in [1.29, 1.82) is 0 Å². The molecule has 5 nitrogen and oxygen atoms in total. The maximum absolute atomic E-state index is 11.6. The van der Waals surface area contributed by atoms with Gasteiger partial charge in [0.1, 0.15) is 0 Å². The lowest BCUT2D eigenvalue weighted by atomic mass is 10.3. The van der Waals surface area contributed by atoms with Crippen LogP contribution in [0.25, 0.3) is 11.0 Å². The van der Waals surface area contributed by atoms with E-state index in [1.54, 1.807) is 4.57 Å². The smallest absolute Gasteiger partial charge is 0.274 e. The molecule has 0 amide bonds. The van der Waals surface area contributed by atoms with Crippen LogP contribution in [-0.4, -0.2) is 24.5 Å². The molecule has 0 radical (unpaired) electrons. The van der Waals surface area contributed by atoms with Crippen LogP contribution in [0.2, 0.25) is 0 Å². The predicted octanol–water partition coefficient (Wildman–Crippen LogP) is 0.328. The van der Waals surface area contributed by atoms with E-state index in [0.29, 0.717) is 13.1 Å². The monoisotopic (exact) mass is 223 g/mol. The minimum absolute atomic E-state index is 0.120. The Morgan fingerprint density at radius 2 is 2.13 bits per heavy atom. The lowest BCUT2D eigenvalue weighted by Gasteiger charge is -2.15. The summed E-state index contributed by atoms with van der Waals surface area (Å²) in [5, 5.41) is 0.120. The molecule has 15 heavy (non-hydrogen) atoms. The van der Waals surface area contributed by atoms with Gasteiger partial charge < -0.3 is 4.57 Å². The number of para-hydroxylation sites is 2. The quantitative estimate of drug-likeness (QED) is 0.700. The van der Waals surface area contributed by atoms with E-state index in [4.69, 9.17) is 0 Å². The Morgan fingerprint density at radius 1 is 1.33 bits per heavy atom. The first-order valence-electron chi connectivity index (χ1n) is 4.63. The molecule has 0 fully saturated rings. The summed E-state index contributed by atoms with van der Waals surface area (Å²) in [6, 6.07) is 7.43. The fourth-order valence-corrected chi connectivity index (χ4v) is 3.02. The highest BCUT2D eigenvalue weighted by Gasteiger charge is 2.26. The van der Waals surface area contributed by atoms with Gasteiger partial charge in [0.25, 0.3) is 10.0 Å². The fraction of sp³-hybridized carbons (Fsp3) is 0.222. The van der Waals surface area contributed by atoms with Crippen LogP contribution >= 0.6 is 0 Å². The lowest BCUT2D eigenvalue weighted by molar-refractivity contribution is 0.521. The third-order valence-corrected chi connectivity index (χ3v) is 3.86. The van der Waals surface area contributed by atoms with Crippen molar-refractivity contribution in [3.63, 3.8) is 0 Å². The molecule has 1 aliphatic rings. The SMILES string of the molecule is O=S1(=O)NCCn2c1nc1ccccc12. The molecular formula is C9H9N3O2S. The number of hydrogen-bond donors (Lipinski definition) is 1. The van der Waals surface area contributed by atoms with E-state index >= 15 is 0 Å². The molecule has 3 rings (SSSR count). The fourth-order valence-electron chi connectivity index (χ4n) is 1.83. The largest absolute Gasteiger partial charge is 0.312 e. The zero-order valence-electron chi connectivity index (χ0n) is 7.84. The van der Waals surface area contributed by atoms with Crippen molar-refractivity contribution in [2.75, 3.05) is 6.54 Å². The Morgan fingerprint density at radius 3 is 3.00 bits per heavy atom. The Kier molecular flexibility index (Phi) is 1.66. The lowest BCUT2D eigenvalue weighted by Crippen LogP contribution is -2.35. The standard InChI is InChI=1S/C9H9N3O2S/c13-15(14)9-11-7-3-1-2-4-8(7)12(9)6-5-10-15/h1-4,10H,5-6H2. The number of aromatic nitrogens is 2. The zero-order chi connectivity index (χ0) is 10.5. The Labute approximate surface area is 86.8 Å². The minimum atomic E-state index is -3.40. The predicted molar refractivity (Wildman–Crippen MR) is 54.9 cm³/mol. The van der Waals surface area contributed by atoms with Gasteiger partial charge in [0.15, 0.2) is 0 Å². The first-order valence-corrected chi connectivity index (χ1v) is 6.12. The van der Waals surface area contributed by atoms with Crippen LogP contribution in [-0.2, 0) is 16.6 Å². The van der Waals surface area contributed by atoms with Crippen LogP contribution in [0.3, 0.4) is 0 Å². The maximum Gasteiger partial charge on any atom is 0.274 e. The molecule has 1 aromatic carbocycles. The Balaban J connectivity index is 2.44. The molecule has 1 aromatic heterocycles. The molecule has 0 saturated heterocycles. The summed E-state index contributed by atoms with van der Waals surface area (Å²) >= 11 is 0. The first-order chi connectivity index (χ1) is 7.18. The van der Waals surface area contributed by atoms with Crippen LogP contribution in [0.5, 0.6) is 0 Å². The summed E-state index contributed by atoms with van der Waals surface area (Å²) in [5.41, 5.74) is 1.59. The van der Waals surface area contributed by atoms with E-state index < -0.39 is 10.0 Å². The molecule has 1 N–H and O–H groups in total. The van der Waals surface area contributed by atoms with Crippen molar-refractivity contribution in [3.8, 4) is 0 Å². The second kappa shape index (κ2) is 2.80. The molecule has 0 bridgehead atoms. The number of hydrogen-bond acceptors (Lipinski definition) is 3. The second-order valence-corrected chi connectivity index (χ2v) is 5.09. The number of nitrogens with one attached hydrogen (secondary N) is 1. The first kappa shape index (κ1) is 8.87. The number of sulfonamides is 1. The average molecular weight is 223 g/mol. The molecule has 2 heterocycles. The molecule has 0 saturated carbocycles. The van der Waals surface area contributed by atoms with E-state index in [1.165, 1.54) is 0 Å². The van der Waals surface area contributed by atoms with Gasteiger partial charge in [-0.25, -0.2) is 18.1 Å². The van der Waals surface area contributed by atoms with Crippen molar-refractivity contribution in [1.82, 2.24) is 14.3 Å². The molecule has 0 atom stereocenters. The second-order valence-electron chi connectivity index (χ2n) is 3.43. The van der Waals surface area contributed by atoms with Crippen molar-refractivity contribution in [3.05, 3.63) is 24.3 Å². The third kappa shape index (κ3) is 1.18. The van der Waals surface area contributed by atoms with Crippen molar-refractivity contribution in [2.24, 2.45) is 0 Å². The number of nitrogens with zero attached hydrogens (tertiary/aromatic N) is 2. The molecule has 0 unspecified atom stereocenters. The topological polar surface area (TPSA) is 64.0 Å². The number of imidazole rings is 1. The van der Waals surface area contributed by atoms with Crippen LogP contribution in [0, 0.1) is 0 Å². The van der Waals surface area contributed by atoms with Crippen LogP contribution in [0.1, 0.15) is 0 Å². The molecule has 78 valence electrons. The maximum atomic E-state index is 11.6. The van der Waals surface area contributed by atoms with Gasteiger partial charge in [0.05, 0.1) is 11.0 Å². The van der Waals surface area contributed by atoms with Gasteiger partial charge in [0.2, 0.25) is 5.16 Å². The van der Waals surface area contributed by atoms with Gasteiger partial charge in [-0.3, -0.25) is 0 Å². The summed E-state index contributed by atoms with van der Waals surface area (Å²) < 4.78 is 27.5. The van der Waals surface area contributed by atoms with Gasteiger partial charge in [-0.1, -0.05) is 12.1 Å². The van der Waals surface area contributed by atoms with Crippen molar-refractivity contribution < 1.29 is 8.42 Å². The summed E-state index contributed by atoms with van der Waals surface area (Å²) in [6.07, 6.45) is 0. The van der Waals surface area contributed by atoms with Crippen molar-refractivity contribution in [2.45, 2.75) is 11.7 Å². The van der Waals surface area contributed by atoms with E-state index in [9.17, 15) is 8.42 Å². The summed E-state index contributed by atoms with van der Waals surface area (Å²) in [5.74, 6) is 0. The minimum Gasteiger partial charge on any atom is -0.312 e. The van der Waals surface area contributed by atoms with Crippen LogP contribution < -0.4 is 4.72 Å². The van der Waals surface area contributed by atoms with Crippen LogP contribution in [0.4, 0.5) is 0 Å². The van der Waals surface area contributed by atoms with Gasteiger partial charge >= 0.3 is 0 Å². The van der Waals surface area contributed by atoms with Gasteiger partial charge in [0, 0.05) is 13.1 Å².